The van der Waals surface area contributed by atoms with Crippen LogP contribution in [0.25, 0.3) is 0 Å². The molecule has 0 fully saturated rings. The van der Waals surface area contributed by atoms with E-state index in [0.29, 0.717) is 26.1 Å². The molecule has 0 radical (unpaired) electrons. The first-order valence-corrected chi connectivity index (χ1v) is 15.3. The van der Waals surface area contributed by atoms with Gasteiger partial charge in [0.2, 0.25) is 0 Å². The molecule has 0 unspecified atom stereocenters. The van der Waals surface area contributed by atoms with Crippen molar-refractivity contribution < 1.29 is 24.2 Å². The van der Waals surface area contributed by atoms with Crippen molar-refractivity contribution in [2.24, 2.45) is 0 Å². The molecule has 36 heavy (non-hydrogen) atoms. The topological polar surface area (TPSA) is 72.8 Å². The predicted octanol–water partition coefficient (Wildman–Crippen LogP) is 9.08. The van der Waals surface area contributed by atoms with Crippen molar-refractivity contribution in [1.29, 1.82) is 0 Å². The fourth-order valence-electron chi connectivity index (χ4n) is 3.53. The third kappa shape index (κ3) is 35.1. The first-order valence-electron chi connectivity index (χ1n) is 15.3. The van der Waals surface area contributed by atoms with Gasteiger partial charge in [-0.15, -0.1) is 0 Å². The quantitative estimate of drug-likeness (QED) is 0.103. The molecule has 0 aliphatic rings. The van der Waals surface area contributed by atoms with E-state index < -0.39 is 5.60 Å². The lowest BCUT2D eigenvalue weighted by atomic mass is 10.1. The Hall–Kier alpha value is -1.10. The molecule has 0 aliphatic carbocycles. The number of unbranched alkanes of at least 4 members (excludes halogenated alkanes) is 15. The highest BCUT2D eigenvalue weighted by Crippen LogP contribution is 2.11. The number of ether oxygens (including phenoxy) is 2. The number of hydrogen-bond donors (Lipinski definition) is 1. The van der Waals surface area contributed by atoms with Crippen LogP contribution in [0.5, 0.6) is 0 Å². The standard InChI is InChI=1S/C26H50O4.C5H12O/c1-3-5-7-9-15-19-23-29-25(27)21-17-13-11-12-14-18-22-26(28)30-24-20-16-10-8-6-4-2;1-4-5(2,3)6/h3-24H2,1-2H3;6H,4H2,1-3H3. The first kappa shape index (κ1) is 37.1. The number of carbonyl (C=O) groups is 2. The summed E-state index contributed by atoms with van der Waals surface area (Å²) in [6, 6.07) is 0. The van der Waals surface area contributed by atoms with E-state index in [1.807, 2.05) is 6.92 Å². The zero-order chi connectivity index (χ0) is 27.3. The Labute approximate surface area is 224 Å². The lowest BCUT2D eigenvalue weighted by Gasteiger charge is -2.11. The van der Waals surface area contributed by atoms with Crippen LogP contribution >= 0.6 is 0 Å². The van der Waals surface area contributed by atoms with Crippen LogP contribution in [0.1, 0.15) is 169 Å². The van der Waals surface area contributed by atoms with Crippen LogP contribution in [0.2, 0.25) is 0 Å². The third-order valence-corrected chi connectivity index (χ3v) is 6.40. The Kier molecular flexibility index (Phi) is 29.3. The van der Waals surface area contributed by atoms with Gasteiger partial charge in [0.15, 0.2) is 0 Å². The largest absolute Gasteiger partial charge is 0.466 e. The summed E-state index contributed by atoms with van der Waals surface area (Å²) >= 11 is 0. The van der Waals surface area contributed by atoms with Gasteiger partial charge in [-0.25, -0.2) is 0 Å². The highest BCUT2D eigenvalue weighted by molar-refractivity contribution is 5.69. The van der Waals surface area contributed by atoms with Crippen molar-refractivity contribution in [1.82, 2.24) is 0 Å². The van der Waals surface area contributed by atoms with Gasteiger partial charge in [0.25, 0.3) is 0 Å². The minimum atomic E-state index is -0.458. The first-order chi connectivity index (χ1) is 17.3. The molecule has 0 atom stereocenters. The molecular formula is C31H62O5. The van der Waals surface area contributed by atoms with E-state index in [1.165, 1.54) is 64.2 Å². The maximum absolute atomic E-state index is 11.7. The van der Waals surface area contributed by atoms with Gasteiger partial charge < -0.3 is 14.6 Å². The number of rotatable bonds is 24. The number of aliphatic hydroxyl groups is 1. The molecule has 0 aromatic rings. The average molecular weight is 515 g/mol. The van der Waals surface area contributed by atoms with Gasteiger partial charge in [-0.1, -0.05) is 111 Å². The molecular weight excluding hydrogens is 452 g/mol. The van der Waals surface area contributed by atoms with Gasteiger partial charge in [0.1, 0.15) is 0 Å². The van der Waals surface area contributed by atoms with Crippen molar-refractivity contribution in [3.05, 3.63) is 0 Å². The summed E-state index contributed by atoms with van der Waals surface area (Å²) < 4.78 is 10.6. The molecule has 0 spiro atoms. The van der Waals surface area contributed by atoms with E-state index >= 15 is 0 Å². The van der Waals surface area contributed by atoms with Crippen LogP contribution in [-0.2, 0) is 19.1 Å². The van der Waals surface area contributed by atoms with Crippen LogP contribution in [-0.4, -0.2) is 35.9 Å². The van der Waals surface area contributed by atoms with Gasteiger partial charge in [-0.2, -0.15) is 0 Å². The fourth-order valence-corrected chi connectivity index (χ4v) is 3.53. The Morgan fingerprint density at radius 2 is 0.806 bits per heavy atom. The number of hydrogen-bond acceptors (Lipinski definition) is 5. The van der Waals surface area contributed by atoms with Crippen molar-refractivity contribution in [3.63, 3.8) is 0 Å². The minimum Gasteiger partial charge on any atom is -0.466 e. The van der Waals surface area contributed by atoms with E-state index in [2.05, 4.69) is 13.8 Å². The summed E-state index contributed by atoms with van der Waals surface area (Å²) in [4.78, 5) is 23.4. The lowest BCUT2D eigenvalue weighted by molar-refractivity contribution is -0.144. The molecule has 0 aromatic carbocycles. The minimum absolute atomic E-state index is 0.0448. The second kappa shape index (κ2) is 28.5. The van der Waals surface area contributed by atoms with Crippen LogP contribution in [0.15, 0.2) is 0 Å². The van der Waals surface area contributed by atoms with E-state index in [9.17, 15) is 9.59 Å². The Balaban J connectivity index is 0. The van der Waals surface area contributed by atoms with Crippen molar-refractivity contribution in [2.75, 3.05) is 13.2 Å². The van der Waals surface area contributed by atoms with Crippen LogP contribution in [0.4, 0.5) is 0 Å². The SMILES string of the molecule is CCC(C)(C)O.CCCCCCCCOC(=O)CCCCCCCCC(=O)OCCCCCCCC. The summed E-state index contributed by atoms with van der Waals surface area (Å²) in [5.41, 5.74) is -0.458. The summed E-state index contributed by atoms with van der Waals surface area (Å²) in [5.74, 6) is -0.0895. The molecule has 5 heteroatoms. The maximum Gasteiger partial charge on any atom is 0.305 e. The number of carbonyl (C=O) groups excluding carboxylic acids is 2. The van der Waals surface area contributed by atoms with Crippen molar-refractivity contribution in [3.8, 4) is 0 Å². The van der Waals surface area contributed by atoms with Crippen LogP contribution in [0.3, 0.4) is 0 Å². The van der Waals surface area contributed by atoms with Crippen molar-refractivity contribution >= 4 is 11.9 Å². The molecule has 0 bridgehead atoms. The molecule has 0 aliphatic heterocycles. The highest BCUT2D eigenvalue weighted by atomic mass is 16.5. The second-order valence-corrected chi connectivity index (χ2v) is 10.8. The molecule has 0 rings (SSSR count). The molecule has 1 N–H and O–H groups in total. The lowest BCUT2D eigenvalue weighted by Crippen LogP contribution is -2.15. The number of esters is 2. The predicted molar refractivity (Wildman–Crippen MR) is 152 cm³/mol. The summed E-state index contributed by atoms with van der Waals surface area (Å²) in [6.45, 7) is 11.2. The summed E-state index contributed by atoms with van der Waals surface area (Å²) in [6.07, 6.45) is 22.7. The monoisotopic (exact) mass is 514 g/mol. The van der Waals surface area contributed by atoms with Crippen LogP contribution < -0.4 is 0 Å². The van der Waals surface area contributed by atoms with Gasteiger partial charge in [-0.05, 0) is 46.0 Å². The van der Waals surface area contributed by atoms with Gasteiger partial charge in [0, 0.05) is 12.8 Å². The van der Waals surface area contributed by atoms with E-state index in [1.54, 1.807) is 13.8 Å². The molecule has 216 valence electrons. The molecule has 5 nitrogen and oxygen atoms in total. The van der Waals surface area contributed by atoms with E-state index in [0.717, 1.165) is 57.8 Å². The smallest absolute Gasteiger partial charge is 0.305 e. The van der Waals surface area contributed by atoms with Crippen LogP contribution in [0, 0.1) is 0 Å². The zero-order valence-electron chi connectivity index (χ0n) is 24.8. The molecule has 0 saturated heterocycles. The van der Waals surface area contributed by atoms with Crippen molar-refractivity contribution in [2.45, 2.75) is 175 Å². The Morgan fingerprint density at radius 3 is 1.11 bits per heavy atom. The summed E-state index contributed by atoms with van der Waals surface area (Å²) in [7, 11) is 0. The molecule has 0 aromatic heterocycles. The molecule has 0 heterocycles. The second-order valence-electron chi connectivity index (χ2n) is 10.8. The Bertz CT molecular complexity index is 434. The van der Waals surface area contributed by atoms with Gasteiger partial charge in [0.05, 0.1) is 18.8 Å². The Morgan fingerprint density at radius 1 is 0.528 bits per heavy atom. The average Bonchev–Trinajstić information content (AvgIpc) is 2.84. The molecule has 0 amide bonds. The maximum atomic E-state index is 11.7. The van der Waals surface area contributed by atoms with E-state index in [-0.39, 0.29) is 11.9 Å². The third-order valence-electron chi connectivity index (χ3n) is 6.40. The van der Waals surface area contributed by atoms with Gasteiger partial charge in [-0.3, -0.25) is 9.59 Å². The van der Waals surface area contributed by atoms with Gasteiger partial charge >= 0.3 is 11.9 Å². The molecule has 0 saturated carbocycles. The zero-order valence-corrected chi connectivity index (χ0v) is 24.8. The highest BCUT2D eigenvalue weighted by Gasteiger charge is 2.06. The fraction of sp³-hybridized carbons (Fsp3) is 0.935. The summed E-state index contributed by atoms with van der Waals surface area (Å²) in [5, 5.41) is 8.83. The van der Waals surface area contributed by atoms with E-state index in [4.69, 9.17) is 14.6 Å². The normalized spacial score (nSPS) is 11.1.